The Morgan fingerprint density at radius 2 is 1.91 bits per heavy atom. The van der Waals surface area contributed by atoms with Crippen LogP contribution in [0.2, 0.25) is 0 Å². The Balaban J connectivity index is 0. The fourth-order valence-electron chi connectivity index (χ4n) is 1.96. The van der Waals surface area contributed by atoms with Gasteiger partial charge in [-0.05, 0) is 52.7 Å². The summed E-state index contributed by atoms with van der Waals surface area (Å²) in [6.07, 6.45) is 1.13. The highest BCUT2D eigenvalue weighted by molar-refractivity contribution is 9.10. The molecule has 0 saturated carbocycles. The minimum atomic E-state index is 0. The third kappa shape index (κ3) is 8.44. The number of nitrogens with one attached hydrogen (secondary N) is 1. The van der Waals surface area contributed by atoms with E-state index >= 15 is 0 Å². The van der Waals surface area contributed by atoms with Crippen LogP contribution < -0.4 is 14.8 Å². The van der Waals surface area contributed by atoms with E-state index in [4.69, 9.17) is 9.47 Å². The lowest BCUT2D eigenvalue weighted by molar-refractivity contribution is 0.306. The standard InChI is InChI=1S/C15H25BrN2O2.2ClH/c1-5-20-15-12(9-13(16)10-14(15)19-4)11-17-7-6-8-18(2)3;;/h9-10,17H,5-8,11H2,1-4H3;2*1H. The van der Waals surface area contributed by atoms with Gasteiger partial charge in [-0.3, -0.25) is 0 Å². The second-order valence-corrected chi connectivity index (χ2v) is 5.78. The van der Waals surface area contributed by atoms with Crippen LogP contribution in [0, 0.1) is 0 Å². The number of halogens is 3. The highest BCUT2D eigenvalue weighted by Gasteiger charge is 2.12. The predicted molar refractivity (Wildman–Crippen MR) is 101 cm³/mol. The summed E-state index contributed by atoms with van der Waals surface area (Å²) >= 11 is 3.51. The van der Waals surface area contributed by atoms with Gasteiger partial charge in [0, 0.05) is 16.6 Å². The summed E-state index contributed by atoms with van der Waals surface area (Å²) in [7, 11) is 5.84. The molecule has 0 fully saturated rings. The molecule has 1 aromatic carbocycles. The van der Waals surface area contributed by atoms with Crippen LogP contribution in [0.1, 0.15) is 18.9 Å². The van der Waals surface area contributed by atoms with Crippen molar-refractivity contribution < 1.29 is 9.47 Å². The zero-order valence-corrected chi connectivity index (χ0v) is 16.9. The Morgan fingerprint density at radius 1 is 1.23 bits per heavy atom. The lowest BCUT2D eigenvalue weighted by atomic mass is 10.2. The number of rotatable bonds is 9. The average Bonchev–Trinajstić information content (AvgIpc) is 2.40. The van der Waals surface area contributed by atoms with Crippen molar-refractivity contribution in [3.63, 3.8) is 0 Å². The average molecular weight is 418 g/mol. The van der Waals surface area contributed by atoms with Crippen molar-refractivity contribution in [2.24, 2.45) is 0 Å². The van der Waals surface area contributed by atoms with E-state index in [-0.39, 0.29) is 24.8 Å². The van der Waals surface area contributed by atoms with E-state index in [1.165, 1.54) is 0 Å². The van der Waals surface area contributed by atoms with Crippen molar-refractivity contribution in [3.8, 4) is 11.5 Å². The topological polar surface area (TPSA) is 33.7 Å². The molecule has 7 heteroatoms. The highest BCUT2D eigenvalue weighted by atomic mass is 79.9. The van der Waals surface area contributed by atoms with Gasteiger partial charge in [0.1, 0.15) is 0 Å². The SMILES string of the molecule is CCOc1c(CNCCCN(C)C)cc(Br)cc1OC.Cl.Cl. The Bertz CT molecular complexity index is 421. The fourth-order valence-corrected chi connectivity index (χ4v) is 2.44. The van der Waals surface area contributed by atoms with Crippen molar-refractivity contribution >= 4 is 40.7 Å². The molecule has 22 heavy (non-hydrogen) atoms. The normalized spacial score (nSPS) is 9.91. The fraction of sp³-hybridized carbons (Fsp3) is 0.600. The molecule has 0 aliphatic carbocycles. The molecule has 1 aromatic rings. The van der Waals surface area contributed by atoms with Crippen LogP contribution in [0.3, 0.4) is 0 Å². The lowest BCUT2D eigenvalue weighted by Gasteiger charge is -2.16. The number of hydrogen-bond donors (Lipinski definition) is 1. The van der Waals surface area contributed by atoms with Crippen LogP contribution in [-0.2, 0) is 6.54 Å². The molecule has 1 rings (SSSR count). The Hall–Kier alpha value is -0.200. The maximum atomic E-state index is 5.72. The summed E-state index contributed by atoms with van der Waals surface area (Å²) in [5.74, 6) is 1.60. The third-order valence-corrected chi connectivity index (χ3v) is 3.34. The molecule has 0 amide bonds. The molecule has 0 aliphatic heterocycles. The number of benzene rings is 1. The molecule has 0 bridgehead atoms. The molecule has 130 valence electrons. The van der Waals surface area contributed by atoms with Gasteiger partial charge >= 0.3 is 0 Å². The van der Waals surface area contributed by atoms with E-state index in [0.717, 1.165) is 47.6 Å². The van der Waals surface area contributed by atoms with Crippen LogP contribution in [0.15, 0.2) is 16.6 Å². The molecule has 0 saturated heterocycles. The van der Waals surface area contributed by atoms with Gasteiger partial charge < -0.3 is 19.7 Å². The van der Waals surface area contributed by atoms with Gasteiger partial charge in [0.2, 0.25) is 0 Å². The maximum absolute atomic E-state index is 5.72. The van der Waals surface area contributed by atoms with Crippen molar-refractivity contribution in [2.75, 3.05) is 40.9 Å². The summed E-state index contributed by atoms with van der Waals surface area (Å²) < 4.78 is 12.1. The van der Waals surface area contributed by atoms with Crippen molar-refractivity contribution in [3.05, 3.63) is 22.2 Å². The summed E-state index contributed by atoms with van der Waals surface area (Å²) in [6, 6.07) is 4.01. The molecule has 0 unspecified atom stereocenters. The van der Waals surface area contributed by atoms with E-state index in [0.29, 0.717) is 6.61 Å². The largest absolute Gasteiger partial charge is 0.493 e. The van der Waals surface area contributed by atoms with Gasteiger partial charge in [-0.1, -0.05) is 15.9 Å². The highest BCUT2D eigenvalue weighted by Crippen LogP contribution is 2.34. The number of nitrogens with zero attached hydrogens (tertiary/aromatic N) is 1. The summed E-state index contributed by atoms with van der Waals surface area (Å²) in [4.78, 5) is 2.19. The van der Waals surface area contributed by atoms with Crippen molar-refractivity contribution in [1.29, 1.82) is 0 Å². The van der Waals surface area contributed by atoms with Crippen molar-refractivity contribution in [1.82, 2.24) is 10.2 Å². The molecular formula is C15H27BrCl2N2O2. The van der Waals surface area contributed by atoms with Crippen LogP contribution >= 0.6 is 40.7 Å². The Kier molecular flexibility index (Phi) is 14.5. The van der Waals surface area contributed by atoms with E-state index in [1.54, 1.807) is 7.11 Å². The van der Waals surface area contributed by atoms with Gasteiger partial charge in [-0.15, -0.1) is 24.8 Å². The first kappa shape index (κ1) is 24.1. The van der Waals surface area contributed by atoms with E-state index in [2.05, 4.69) is 46.3 Å². The summed E-state index contributed by atoms with van der Waals surface area (Å²) in [6.45, 7) is 5.46. The quantitative estimate of drug-likeness (QED) is 0.620. The Labute approximate surface area is 154 Å². The van der Waals surface area contributed by atoms with E-state index in [9.17, 15) is 0 Å². The molecule has 4 nitrogen and oxygen atoms in total. The van der Waals surface area contributed by atoms with Crippen LogP contribution in [0.25, 0.3) is 0 Å². The molecule has 0 spiro atoms. The van der Waals surface area contributed by atoms with E-state index in [1.807, 2.05) is 13.0 Å². The second-order valence-electron chi connectivity index (χ2n) is 4.86. The number of methoxy groups -OCH3 is 1. The first-order valence-corrected chi connectivity index (χ1v) is 7.72. The smallest absolute Gasteiger partial charge is 0.165 e. The molecule has 0 aliphatic rings. The molecular weight excluding hydrogens is 391 g/mol. The van der Waals surface area contributed by atoms with Gasteiger partial charge in [0.15, 0.2) is 11.5 Å². The van der Waals surface area contributed by atoms with E-state index < -0.39 is 0 Å². The third-order valence-electron chi connectivity index (χ3n) is 2.88. The van der Waals surface area contributed by atoms with Gasteiger partial charge in [-0.25, -0.2) is 0 Å². The molecule has 0 radical (unpaired) electrons. The second kappa shape index (κ2) is 13.3. The number of ether oxygens (including phenoxy) is 2. The van der Waals surface area contributed by atoms with Gasteiger partial charge in [0.25, 0.3) is 0 Å². The monoisotopic (exact) mass is 416 g/mol. The van der Waals surface area contributed by atoms with Crippen molar-refractivity contribution in [2.45, 2.75) is 19.9 Å². The van der Waals surface area contributed by atoms with Gasteiger partial charge in [-0.2, -0.15) is 0 Å². The van der Waals surface area contributed by atoms with Crippen LogP contribution in [0.5, 0.6) is 11.5 Å². The number of hydrogen-bond acceptors (Lipinski definition) is 4. The predicted octanol–water partition coefficient (Wildman–Crippen LogP) is 3.74. The zero-order valence-electron chi connectivity index (χ0n) is 13.6. The lowest BCUT2D eigenvalue weighted by Crippen LogP contribution is -2.21. The van der Waals surface area contributed by atoms with Crippen LogP contribution in [-0.4, -0.2) is 45.8 Å². The first-order chi connectivity index (χ1) is 9.58. The molecule has 0 aromatic heterocycles. The Morgan fingerprint density at radius 3 is 2.45 bits per heavy atom. The molecule has 0 heterocycles. The zero-order chi connectivity index (χ0) is 15.0. The summed E-state index contributed by atoms with van der Waals surface area (Å²) in [5.41, 5.74) is 1.11. The molecule has 0 atom stereocenters. The minimum Gasteiger partial charge on any atom is -0.493 e. The first-order valence-electron chi connectivity index (χ1n) is 6.93. The summed E-state index contributed by atoms with van der Waals surface area (Å²) in [5, 5.41) is 3.45. The minimum absolute atomic E-state index is 0. The maximum Gasteiger partial charge on any atom is 0.165 e. The van der Waals surface area contributed by atoms with Gasteiger partial charge in [0.05, 0.1) is 13.7 Å². The molecule has 1 N–H and O–H groups in total. The van der Waals surface area contributed by atoms with Crippen LogP contribution in [0.4, 0.5) is 0 Å².